The Hall–Kier alpha value is -1.29. The maximum atomic E-state index is 5.94. The normalized spacial score (nSPS) is 16.2. The van der Waals surface area contributed by atoms with Crippen LogP contribution in [0.4, 0.5) is 0 Å². The van der Waals surface area contributed by atoms with Crippen LogP contribution < -0.4 is 10.6 Å². The Morgan fingerprint density at radius 3 is 2.48 bits per heavy atom. The van der Waals surface area contributed by atoms with E-state index in [1.165, 1.54) is 5.56 Å². The summed E-state index contributed by atoms with van der Waals surface area (Å²) in [5.74, 6) is 2.69. The van der Waals surface area contributed by atoms with Crippen molar-refractivity contribution in [3.8, 4) is 0 Å². The van der Waals surface area contributed by atoms with Crippen LogP contribution in [-0.2, 0) is 11.2 Å². The van der Waals surface area contributed by atoms with Gasteiger partial charge in [-0.3, -0.25) is 9.89 Å². The highest BCUT2D eigenvalue weighted by Gasteiger charge is 2.25. The smallest absolute Gasteiger partial charge is 0.191 e. The van der Waals surface area contributed by atoms with Crippen LogP contribution in [0.25, 0.3) is 0 Å². The van der Waals surface area contributed by atoms with Crippen LogP contribution >= 0.6 is 35.6 Å². The van der Waals surface area contributed by atoms with Crippen LogP contribution in [0.5, 0.6) is 0 Å². The van der Waals surface area contributed by atoms with Gasteiger partial charge in [0, 0.05) is 38.2 Å². The lowest BCUT2D eigenvalue weighted by Gasteiger charge is -2.33. The first kappa shape index (κ1) is 24.0. The van der Waals surface area contributed by atoms with Gasteiger partial charge in [0.1, 0.15) is 11.5 Å². The number of rotatable bonds is 7. The third-order valence-corrected chi connectivity index (χ3v) is 5.13. The van der Waals surface area contributed by atoms with Crippen molar-refractivity contribution in [2.75, 3.05) is 46.4 Å². The van der Waals surface area contributed by atoms with Gasteiger partial charge in [-0.1, -0.05) is 23.7 Å². The molecule has 6 nitrogen and oxygen atoms in total. The molecule has 1 aromatic carbocycles. The monoisotopic (exact) mass is 532 g/mol. The second-order valence-electron chi connectivity index (χ2n) is 6.87. The van der Waals surface area contributed by atoms with Gasteiger partial charge in [-0.2, -0.15) is 0 Å². The average Bonchev–Trinajstić information content (AvgIpc) is 3.15. The molecule has 0 spiro atoms. The van der Waals surface area contributed by atoms with E-state index < -0.39 is 0 Å². The van der Waals surface area contributed by atoms with Gasteiger partial charge in [-0.25, -0.2) is 0 Å². The SMILES string of the molecule is CN=C(NCCc1ccc(Cl)cc1)NCC(c1ccc(C)o1)N1CCOCC1.I. The third-order valence-electron chi connectivity index (χ3n) is 4.88. The Bertz CT molecular complexity index is 760. The molecule has 0 saturated carbocycles. The number of furan rings is 1. The van der Waals surface area contributed by atoms with Crippen LogP contribution in [0, 0.1) is 6.92 Å². The van der Waals surface area contributed by atoms with Gasteiger partial charge in [0.05, 0.1) is 19.3 Å². The summed E-state index contributed by atoms with van der Waals surface area (Å²) in [6.07, 6.45) is 0.905. The number of aliphatic imine (C=N–C) groups is 1. The Kier molecular flexibility index (Phi) is 10.3. The van der Waals surface area contributed by atoms with E-state index in [0.717, 1.165) is 61.8 Å². The minimum Gasteiger partial charge on any atom is -0.465 e. The molecule has 160 valence electrons. The lowest BCUT2D eigenvalue weighted by Crippen LogP contribution is -2.46. The molecule has 8 heteroatoms. The number of hydrogen-bond donors (Lipinski definition) is 2. The zero-order chi connectivity index (χ0) is 19.8. The summed E-state index contributed by atoms with van der Waals surface area (Å²) in [6, 6.07) is 12.2. The molecule has 1 aliphatic rings. The molecule has 1 unspecified atom stereocenters. The summed E-state index contributed by atoms with van der Waals surface area (Å²) >= 11 is 5.94. The van der Waals surface area contributed by atoms with Crippen LogP contribution in [0.15, 0.2) is 45.8 Å². The first-order valence-electron chi connectivity index (χ1n) is 9.73. The van der Waals surface area contributed by atoms with E-state index in [1.54, 1.807) is 7.05 Å². The Labute approximate surface area is 195 Å². The number of hydrogen-bond acceptors (Lipinski definition) is 4. The number of nitrogens with zero attached hydrogens (tertiary/aromatic N) is 2. The summed E-state index contributed by atoms with van der Waals surface area (Å²) in [5.41, 5.74) is 1.24. The lowest BCUT2D eigenvalue weighted by atomic mass is 10.1. The summed E-state index contributed by atoms with van der Waals surface area (Å²) in [5, 5.41) is 7.59. The number of aryl methyl sites for hydroxylation is 1. The fourth-order valence-electron chi connectivity index (χ4n) is 3.32. The van der Waals surface area contributed by atoms with Crippen LogP contribution in [0.3, 0.4) is 0 Å². The van der Waals surface area contributed by atoms with Gasteiger partial charge in [0.2, 0.25) is 0 Å². The van der Waals surface area contributed by atoms with E-state index in [-0.39, 0.29) is 30.0 Å². The Balaban J connectivity index is 0.00000300. The van der Waals surface area contributed by atoms with Crippen LogP contribution in [-0.4, -0.2) is 57.3 Å². The molecule has 0 aliphatic carbocycles. The van der Waals surface area contributed by atoms with Gasteiger partial charge in [-0.05, 0) is 43.2 Å². The summed E-state index contributed by atoms with van der Waals surface area (Å²) in [4.78, 5) is 6.75. The van der Waals surface area contributed by atoms with Gasteiger partial charge in [0.25, 0.3) is 0 Å². The Morgan fingerprint density at radius 2 is 1.86 bits per heavy atom. The predicted octanol–water partition coefficient (Wildman–Crippen LogP) is 3.64. The number of ether oxygens (including phenoxy) is 1. The average molecular weight is 533 g/mol. The largest absolute Gasteiger partial charge is 0.465 e. The molecule has 0 bridgehead atoms. The number of guanidine groups is 1. The van der Waals surface area contributed by atoms with Gasteiger partial charge in [0.15, 0.2) is 5.96 Å². The summed E-state index contributed by atoms with van der Waals surface area (Å²) in [6.45, 7) is 6.79. The molecule has 1 fully saturated rings. The third kappa shape index (κ3) is 7.47. The van der Waals surface area contributed by atoms with E-state index in [0.29, 0.717) is 6.54 Å². The Morgan fingerprint density at radius 1 is 1.14 bits per heavy atom. The second kappa shape index (κ2) is 12.4. The number of halogens is 2. The minimum absolute atomic E-state index is 0. The molecule has 0 radical (unpaired) electrons. The zero-order valence-corrected chi connectivity index (χ0v) is 20.1. The fourth-order valence-corrected chi connectivity index (χ4v) is 3.45. The van der Waals surface area contributed by atoms with Crippen molar-refractivity contribution in [3.63, 3.8) is 0 Å². The predicted molar refractivity (Wildman–Crippen MR) is 129 cm³/mol. The van der Waals surface area contributed by atoms with Crippen molar-refractivity contribution >= 4 is 41.5 Å². The van der Waals surface area contributed by atoms with Crippen molar-refractivity contribution in [2.45, 2.75) is 19.4 Å². The van der Waals surface area contributed by atoms with Gasteiger partial charge in [-0.15, -0.1) is 24.0 Å². The molecule has 2 N–H and O–H groups in total. The van der Waals surface area contributed by atoms with Gasteiger partial charge >= 0.3 is 0 Å². The first-order chi connectivity index (χ1) is 13.7. The molecule has 0 amide bonds. The molecule has 1 saturated heterocycles. The molecular weight excluding hydrogens is 503 g/mol. The number of benzene rings is 1. The van der Waals surface area contributed by atoms with Crippen LogP contribution in [0.1, 0.15) is 23.1 Å². The number of morpholine rings is 1. The zero-order valence-electron chi connectivity index (χ0n) is 17.0. The number of nitrogens with one attached hydrogen (secondary N) is 2. The van der Waals surface area contributed by atoms with Crippen molar-refractivity contribution in [2.24, 2.45) is 4.99 Å². The molecular formula is C21H30ClIN4O2. The molecule has 3 rings (SSSR count). The molecule has 1 atom stereocenters. The van der Waals surface area contributed by atoms with Gasteiger partial charge < -0.3 is 19.8 Å². The highest BCUT2D eigenvalue weighted by atomic mass is 127. The quantitative estimate of drug-likeness (QED) is 0.324. The van der Waals surface area contributed by atoms with E-state index >= 15 is 0 Å². The molecule has 1 aromatic heterocycles. The van der Waals surface area contributed by atoms with E-state index in [1.807, 2.05) is 37.3 Å². The molecule has 1 aliphatic heterocycles. The lowest BCUT2D eigenvalue weighted by molar-refractivity contribution is 0.0124. The summed E-state index contributed by atoms with van der Waals surface area (Å²) in [7, 11) is 1.79. The summed E-state index contributed by atoms with van der Waals surface area (Å²) < 4.78 is 11.4. The van der Waals surface area contributed by atoms with Crippen molar-refractivity contribution < 1.29 is 9.15 Å². The first-order valence-corrected chi connectivity index (χ1v) is 10.1. The molecule has 2 aromatic rings. The van der Waals surface area contributed by atoms with Crippen molar-refractivity contribution in [1.29, 1.82) is 0 Å². The molecule has 2 heterocycles. The topological polar surface area (TPSA) is 62.0 Å². The van der Waals surface area contributed by atoms with Crippen molar-refractivity contribution in [1.82, 2.24) is 15.5 Å². The minimum atomic E-state index is 0. The van der Waals surface area contributed by atoms with E-state index in [9.17, 15) is 0 Å². The standard InChI is InChI=1S/C21H29ClN4O2.HI/c1-16-3-8-20(28-16)19(26-11-13-27-14-12-26)15-25-21(23-2)24-10-9-17-4-6-18(22)7-5-17;/h3-8,19H,9-15H2,1-2H3,(H2,23,24,25);1H. The van der Waals surface area contributed by atoms with E-state index in [4.69, 9.17) is 20.8 Å². The molecule has 29 heavy (non-hydrogen) atoms. The maximum absolute atomic E-state index is 5.94. The van der Waals surface area contributed by atoms with Crippen molar-refractivity contribution in [3.05, 3.63) is 58.5 Å². The highest BCUT2D eigenvalue weighted by Crippen LogP contribution is 2.23. The highest BCUT2D eigenvalue weighted by molar-refractivity contribution is 14.0. The van der Waals surface area contributed by atoms with Crippen LogP contribution in [0.2, 0.25) is 5.02 Å². The second-order valence-corrected chi connectivity index (χ2v) is 7.31. The van der Waals surface area contributed by atoms with E-state index in [2.05, 4.69) is 26.6 Å². The maximum Gasteiger partial charge on any atom is 0.191 e. The fraction of sp³-hybridized carbons (Fsp3) is 0.476.